The molecule has 0 bridgehead atoms. The van der Waals surface area contributed by atoms with Crippen LogP contribution in [0.1, 0.15) is 24.8 Å². The van der Waals surface area contributed by atoms with Crippen LogP contribution in [0.25, 0.3) is 0 Å². The number of benzene rings is 1. The minimum absolute atomic E-state index is 0.158. The van der Waals surface area contributed by atoms with Crippen molar-refractivity contribution in [3.05, 3.63) is 34.6 Å². The number of rotatable bonds is 4. The molecule has 1 nitrogen and oxygen atoms in total. The molecule has 3 rings (SSSR count). The second-order valence-electron chi connectivity index (χ2n) is 5.75. The topological polar surface area (TPSA) is 9.23 Å². The average Bonchev–Trinajstić information content (AvgIpc) is 3.15. The third kappa shape index (κ3) is 2.51. The Morgan fingerprint density at radius 2 is 2.16 bits per heavy atom. The fraction of sp³-hybridized carbons (Fsp3) is 0.600. The van der Waals surface area contributed by atoms with Crippen molar-refractivity contribution in [2.45, 2.75) is 31.8 Å². The highest BCUT2D eigenvalue weighted by atomic mass is 35.5. The first-order valence-electron chi connectivity index (χ1n) is 6.77. The summed E-state index contributed by atoms with van der Waals surface area (Å²) in [6.07, 6.45) is 4.04. The van der Waals surface area contributed by atoms with Crippen molar-refractivity contribution in [1.82, 2.24) is 0 Å². The van der Waals surface area contributed by atoms with Gasteiger partial charge >= 0.3 is 0 Å². The standard InChI is InChI=1S/C15H17Cl2FO/c16-9-15(6-7-19-14(15)10-4-5-10)8-11-12(17)2-1-3-13(11)18/h1-3,10,14H,4-9H2. The average molecular weight is 303 g/mol. The van der Waals surface area contributed by atoms with Crippen molar-refractivity contribution in [1.29, 1.82) is 0 Å². The zero-order valence-corrected chi connectivity index (χ0v) is 12.2. The molecule has 1 aliphatic heterocycles. The van der Waals surface area contributed by atoms with Gasteiger partial charge in [-0.3, -0.25) is 0 Å². The van der Waals surface area contributed by atoms with E-state index in [2.05, 4.69) is 0 Å². The van der Waals surface area contributed by atoms with Crippen molar-refractivity contribution >= 4 is 23.2 Å². The van der Waals surface area contributed by atoms with E-state index in [4.69, 9.17) is 27.9 Å². The molecule has 0 N–H and O–H groups in total. The van der Waals surface area contributed by atoms with Crippen LogP contribution in [0, 0.1) is 17.2 Å². The second-order valence-corrected chi connectivity index (χ2v) is 6.43. The quantitative estimate of drug-likeness (QED) is 0.747. The second kappa shape index (κ2) is 5.23. The van der Waals surface area contributed by atoms with Crippen LogP contribution in [0.4, 0.5) is 4.39 Å². The lowest BCUT2D eigenvalue weighted by molar-refractivity contribution is 0.0400. The molecule has 0 radical (unpaired) electrons. The largest absolute Gasteiger partial charge is 0.377 e. The fourth-order valence-corrected chi connectivity index (χ4v) is 3.79. The van der Waals surface area contributed by atoms with Crippen molar-refractivity contribution in [2.24, 2.45) is 11.3 Å². The van der Waals surface area contributed by atoms with E-state index in [9.17, 15) is 4.39 Å². The van der Waals surface area contributed by atoms with Crippen molar-refractivity contribution < 1.29 is 9.13 Å². The molecule has 0 amide bonds. The summed E-state index contributed by atoms with van der Waals surface area (Å²) in [5.41, 5.74) is 0.426. The zero-order chi connectivity index (χ0) is 13.5. The van der Waals surface area contributed by atoms with Gasteiger partial charge in [-0.05, 0) is 43.7 Å². The van der Waals surface area contributed by atoms with Crippen LogP contribution in [0.3, 0.4) is 0 Å². The van der Waals surface area contributed by atoms with Gasteiger partial charge in [0.1, 0.15) is 5.82 Å². The van der Waals surface area contributed by atoms with Gasteiger partial charge in [0.25, 0.3) is 0 Å². The first kappa shape index (κ1) is 13.7. The highest BCUT2D eigenvalue weighted by molar-refractivity contribution is 6.31. The Kier molecular flexibility index (Phi) is 3.76. The highest BCUT2D eigenvalue weighted by Gasteiger charge is 2.50. The van der Waals surface area contributed by atoms with Crippen LogP contribution in [-0.2, 0) is 11.2 Å². The molecule has 1 saturated heterocycles. The molecule has 19 heavy (non-hydrogen) atoms. The Balaban J connectivity index is 1.90. The first-order chi connectivity index (χ1) is 9.16. The number of ether oxygens (including phenoxy) is 1. The predicted molar refractivity (Wildman–Crippen MR) is 75.3 cm³/mol. The van der Waals surface area contributed by atoms with E-state index < -0.39 is 0 Å². The Morgan fingerprint density at radius 3 is 2.79 bits per heavy atom. The highest BCUT2D eigenvalue weighted by Crippen LogP contribution is 2.50. The van der Waals surface area contributed by atoms with Gasteiger partial charge in [-0.1, -0.05) is 17.7 Å². The van der Waals surface area contributed by atoms with E-state index in [0.717, 1.165) is 13.0 Å². The molecule has 1 aliphatic carbocycles. The van der Waals surface area contributed by atoms with Crippen LogP contribution >= 0.6 is 23.2 Å². The minimum atomic E-state index is -0.238. The predicted octanol–water partition coefficient (Wildman–Crippen LogP) is 4.45. The summed E-state index contributed by atoms with van der Waals surface area (Å²) in [7, 11) is 0. The van der Waals surface area contributed by atoms with Gasteiger partial charge in [0.15, 0.2) is 0 Å². The van der Waals surface area contributed by atoms with Crippen molar-refractivity contribution in [3.8, 4) is 0 Å². The normalized spacial score (nSPS) is 30.8. The Hall–Kier alpha value is -0.310. The van der Waals surface area contributed by atoms with Gasteiger partial charge < -0.3 is 4.74 Å². The summed E-state index contributed by atoms with van der Waals surface area (Å²) in [6.45, 7) is 0.722. The molecular formula is C15H17Cl2FO. The van der Waals surface area contributed by atoms with Gasteiger partial charge in [-0.15, -0.1) is 11.6 Å². The number of halogens is 3. The lowest BCUT2D eigenvalue weighted by Crippen LogP contribution is -2.37. The summed E-state index contributed by atoms with van der Waals surface area (Å²) in [5, 5.41) is 0.492. The molecule has 1 saturated carbocycles. The Bertz CT molecular complexity index is 455. The molecular weight excluding hydrogens is 286 g/mol. The summed E-state index contributed by atoms with van der Waals surface area (Å²) in [5.74, 6) is 0.865. The molecule has 4 heteroatoms. The maximum Gasteiger partial charge on any atom is 0.127 e. The summed E-state index contributed by atoms with van der Waals surface area (Å²) < 4.78 is 19.9. The molecule has 104 valence electrons. The molecule has 2 unspecified atom stereocenters. The van der Waals surface area contributed by atoms with Crippen molar-refractivity contribution in [2.75, 3.05) is 12.5 Å². The van der Waals surface area contributed by atoms with Gasteiger partial charge in [0, 0.05) is 28.5 Å². The maximum absolute atomic E-state index is 14.0. The summed E-state index contributed by atoms with van der Waals surface area (Å²) in [6, 6.07) is 4.84. The molecule has 1 aromatic carbocycles. The lowest BCUT2D eigenvalue weighted by Gasteiger charge is -2.33. The van der Waals surface area contributed by atoms with Crippen LogP contribution in [0.2, 0.25) is 5.02 Å². The summed E-state index contributed by atoms with van der Waals surface area (Å²) in [4.78, 5) is 0. The van der Waals surface area contributed by atoms with Gasteiger partial charge in [0.05, 0.1) is 6.10 Å². The van der Waals surface area contributed by atoms with E-state index in [1.165, 1.54) is 18.9 Å². The Labute approximate surface area is 123 Å². The number of alkyl halides is 1. The van der Waals surface area contributed by atoms with E-state index in [1.807, 2.05) is 0 Å². The van der Waals surface area contributed by atoms with Crippen LogP contribution in [0.15, 0.2) is 18.2 Å². The molecule has 1 heterocycles. The van der Waals surface area contributed by atoms with E-state index >= 15 is 0 Å². The number of hydrogen-bond donors (Lipinski definition) is 0. The van der Waals surface area contributed by atoms with Gasteiger partial charge in [0.2, 0.25) is 0 Å². The van der Waals surface area contributed by atoms with E-state index in [1.54, 1.807) is 12.1 Å². The van der Waals surface area contributed by atoms with Crippen LogP contribution in [-0.4, -0.2) is 18.6 Å². The van der Waals surface area contributed by atoms with Gasteiger partial charge in [-0.25, -0.2) is 4.39 Å². The molecule has 1 aromatic rings. The van der Waals surface area contributed by atoms with Crippen molar-refractivity contribution in [3.63, 3.8) is 0 Å². The van der Waals surface area contributed by atoms with Crippen LogP contribution < -0.4 is 0 Å². The van der Waals surface area contributed by atoms with E-state index in [0.29, 0.717) is 28.8 Å². The molecule has 0 aromatic heterocycles. The minimum Gasteiger partial charge on any atom is -0.377 e. The SMILES string of the molecule is Fc1cccc(Cl)c1CC1(CCl)CCOC1C1CC1. The smallest absolute Gasteiger partial charge is 0.127 e. The van der Waals surface area contributed by atoms with E-state index in [-0.39, 0.29) is 17.3 Å². The summed E-state index contributed by atoms with van der Waals surface area (Å²) >= 11 is 12.4. The molecule has 2 atom stereocenters. The lowest BCUT2D eigenvalue weighted by atomic mass is 9.75. The fourth-order valence-electron chi connectivity index (χ4n) is 3.18. The monoisotopic (exact) mass is 302 g/mol. The van der Waals surface area contributed by atoms with Crippen LogP contribution in [0.5, 0.6) is 0 Å². The zero-order valence-electron chi connectivity index (χ0n) is 10.7. The molecule has 2 fully saturated rings. The third-order valence-electron chi connectivity index (χ3n) is 4.41. The maximum atomic E-state index is 14.0. The third-order valence-corrected chi connectivity index (χ3v) is 5.29. The number of hydrogen-bond acceptors (Lipinski definition) is 1. The Morgan fingerprint density at radius 1 is 1.37 bits per heavy atom. The first-order valence-corrected chi connectivity index (χ1v) is 7.68. The van der Waals surface area contributed by atoms with Gasteiger partial charge in [-0.2, -0.15) is 0 Å². The molecule has 2 aliphatic rings. The molecule has 0 spiro atoms.